The number of carbonyl (C=O) groups excluding carboxylic acids is 1. The van der Waals surface area contributed by atoms with Crippen LogP contribution >= 0.6 is 0 Å². The van der Waals surface area contributed by atoms with Gasteiger partial charge >= 0.3 is 0 Å². The van der Waals surface area contributed by atoms with Crippen molar-refractivity contribution < 1.29 is 18.8 Å². The van der Waals surface area contributed by atoms with E-state index in [1.54, 1.807) is 13.3 Å². The molecule has 1 saturated heterocycles. The summed E-state index contributed by atoms with van der Waals surface area (Å²) in [5.41, 5.74) is 4.18. The van der Waals surface area contributed by atoms with Crippen molar-refractivity contribution >= 4 is 11.6 Å². The maximum absolute atomic E-state index is 13.9. The quantitative estimate of drug-likeness (QED) is 0.328. The lowest BCUT2D eigenvalue weighted by molar-refractivity contribution is -0.123. The fourth-order valence-electron chi connectivity index (χ4n) is 5.95. The van der Waals surface area contributed by atoms with Gasteiger partial charge in [0.05, 0.1) is 13.0 Å². The number of anilines is 1. The zero-order chi connectivity index (χ0) is 26.6. The van der Waals surface area contributed by atoms with Crippen LogP contribution in [0.2, 0.25) is 0 Å². The first-order chi connectivity index (χ1) is 19.2. The molecule has 2 aromatic heterocycles. The van der Waals surface area contributed by atoms with Gasteiger partial charge in [0.2, 0.25) is 17.7 Å². The van der Waals surface area contributed by atoms with Crippen molar-refractivity contribution in [1.29, 1.82) is 0 Å². The zero-order valence-corrected chi connectivity index (χ0v) is 22.6. The van der Waals surface area contributed by atoms with Gasteiger partial charge < -0.3 is 18.9 Å². The molecule has 0 bridgehead atoms. The van der Waals surface area contributed by atoms with Crippen molar-refractivity contribution in [1.82, 2.24) is 15.1 Å². The van der Waals surface area contributed by atoms with Gasteiger partial charge in [-0.1, -0.05) is 48.2 Å². The first-order valence-electron chi connectivity index (χ1n) is 14.2. The molecule has 2 fully saturated rings. The summed E-state index contributed by atoms with van der Waals surface area (Å²) in [6, 6.07) is 12.1. The van der Waals surface area contributed by atoms with Crippen LogP contribution in [0.15, 0.2) is 58.8 Å². The minimum atomic E-state index is 0.0814. The second-order valence-electron chi connectivity index (χ2n) is 10.9. The summed E-state index contributed by atoms with van der Waals surface area (Å²) in [6.45, 7) is 2.08. The number of rotatable bonds is 8. The molecule has 204 valence electrons. The molecule has 8 nitrogen and oxygen atoms in total. The van der Waals surface area contributed by atoms with Crippen LogP contribution in [0.4, 0.5) is 5.69 Å². The van der Waals surface area contributed by atoms with Gasteiger partial charge in [-0.2, -0.15) is 4.98 Å². The van der Waals surface area contributed by atoms with E-state index in [1.165, 1.54) is 12.0 Å². The molecule has 3 aromatic rings. The highest BCUT2D eigenvalue weighted by molar-refractivity contribution is 5.96. The summed E-state index contributed by atoms with van der Waals surface area (Å²) < 4.78 is 16.4. The van der Waals surface area contributed by atoms with Gasteiger partial charge in [0.1, 0.15) is 0 Å². The first kappa shape index (κ1) is 25.7. The molecule has 1 atom stereocenters. The molecule has 8 heteroatoms. The van der Waals surface area contributed by atoms with Gasteiger partial charge in [0.25, 0.3) is 0 Å². The molecule has 2 aliphatic carbocycles. The number of pyridine rings is 1. The van der Waals surface area contributed by atoms with Gasteiger partial charge in [-0.3, -0.25) is 4.79 Å². The number of aromatic nitrogens is 3. The van der Waals surface area contributed by atoms with E-state index in [1.807, 2.05) is 29.2 Å². The number of amides is 1. The Bertz CT molecular complexity index is 1320. The molecular weight excluding hydrogens is 492 g/mol. The number of methoxy groups -OCH3 is 1. The lowest BCUT2D eigenvalue weighted by Crippen LogP contribution is -2.39. The lowest BCUT2D eigenvalue weighted by atomic mass is 9.84. The highest BCUT2D eigenvalue weighted by Gasteiger charge is 2.32. The number of nitrogens with zero attached hydrogens (tertiary/aromatic N) is 4. The van der Waals surface area contributed by atoms with Crippen molar-refractivity contribution in [3.05, 3.63) is 66.0 Å². The summed E-state index contributed by atoms with van der Waals surface area (Å²) in [5, 5.41) is 4.27. The Kier molecular flexibility index (Phi) is 7.72. The predicted octanol–water partition coefficient (Wildman–Crippen LogP) is 6.06. The average Bonchev–Trinajstić information content (AvgIpc) is 3.47. The Labute approximate surface area is 229 Å². The van der Waals surface area contributed by atoms with Crippen LogP contribution < -0.4 is 9.64 Å². The highest BCUT2D eigenvalue weighted by atomic mass is 16.5. The average molecular weight is 529 g/mol. The standard InChI is InChI=1S/C31H36N4O4/c1-37-28-19-25(10-13-32-28)24-8-5-9-27(18-24)35(31(36)23-6-3-2-4-7-23)20-21-16-26(17-21)30-33-29(34-39-30)22-11-14-38-15-12-22/h5,8-10,13,16,18-19,22-23,26H,2-4,6-7,11-12,14-15,17,20H2,1H3. The predicted molar refractivity (Wildman–Crippen MR) is 148 cm³/mol. The fourth-order valence-corrected chi connectivity index (χ4v) is 5.95. The van der Waals surface area contributed by atoms with Crippen LogP contribution in [-0.2, 0) is 9.53 Å². The largest absolute Gasteiger partial charge is 0.481 e. The summed E-state index contributed by atoms with van der Waals surface area (Å²) in [7, 11) is 1.62. The first-order valence-corrected chi connectivity index (χ1v) is 14.2. The molecule has 0 radical (unpaired) electrons. The minimum Gasteiger partial charge on any atom is -0.481 e. The number of ether oxygens (including phenoxy) is 2. The molecule has 0 spiro atoms. The summed E-state index contributed by atoms with van der Waals surface area (Å²) in [5.74, 6) is 2.79. The molecule has 1 unspecified atom stereocenters. The molecule has 39 heavy (non-hydrogen) atoms. The van der Waals surface area contributed by atoms with E-state index in [2.05, 4.69) is 28.3 Å². The van der Waals surface area contributed by atoms with Crippen molar-refractivity contribution in [2.45, 2.75) is 63.2 Å². The summed E-state index contributed by atoms with van der Waals surface area (Å²) >= 11 is 0. The van der Waals surface area contributed by atoms with Gasteiger partial charge in [-0.15, -0.1) is 0 Å². The zero-order valence-electron chi connectivity index (χ0n) is 22.6. The Morgan fingerprint density at radius 1 is 1.05 bits per heavy atom. The molecule has 0 N–H and O–H groups in total. The van der Waals surface area contributed by atoms with Crippen molar-refractivity contribution in [3.63, 3.8) is 0 Å². The molecule has 1 aliphatic heterocycles. The number of hydrogen-bond acceptors (Lipinski definition) is 7. The SMILES string of the molecule is COc1cc(-c2cccc(N(CC3=CC(c4nc(C5CCOCC5)no4)C3)C(=O)C3CCCCC3)c2)ccn1. The van der Waals surface area contributed by atoms with E-state index >= 15 is 0 Å². The lowest BCUT2D eigenvalue weighted by Gasteiger charge is -2.33. The second-order valence-corrected chi connectivity index (χ2v) is 10.9. The van der Waals surface area contributed by atoms with Crippen LogP contribution in [0.5, 0.6) is 5.88 Å². The van der Waals surface area contributed by atoms with Crippen molar-refractivity contribution in [3.8, 4) is 17.0 Å². The van der Waals surface area contributed by atoms with E-state index in [4.69, 9.17) is 19.0 Å². The van der Waals surface area contributed by atoms with Crippen LogP contribution in [-0.4, -0.2) is 47.9 Å². The van der Waals surface area contributed by atoms with Gasteiger partial charge in [-0.25, -0.2) is 4.98 Å². The van der Waals surface area contributed by atoms with E-state index in [-0.39, 0.29) is 17.7 Å². The van der Waals surface area contributed by atoms with Gasteiger partial charge in [-0.05, 0) is 61.4 Å². The van der Waals surface area contributed by atoms with Crippen LogP contribution in [0, 0.1) is 5.92 Å². The van der Waals surface area contributed by atoms with Crippen LogP contribution in [0.1, 0.15) is 74.9 Å². The normalized spacial score (nSPS) is 20.2. The Morgan fingerprint density at radius 3 is 2.64 bits per heavy atom. The molecule has 1 aromatic carbocycles. The van der Waals surface area contributed by atoms with E-state index < -0.39 is 0 Å². The third-order valence-corrected chi connectivity index (χ3v) is 8.30. The third-order valence-electron chi connectivity index (χ3n) is 8.30. The molecule has 6 rings (SSSR count). The van der Waals surface area contributed by atoms with Crippen LogP contribution in [0.25, 0.3) is 11.1 Å². The molecule has 1 saturated carbocycles. The maximum Gasteiger partial charge on any atom is 0.233 e. The monoisotopic (exact) mass is 528 g/mol. The number of allylic oxidation sites excluding steroid dienone is 1. The molecule has 3 aliphatic rings. The number of benzene rings is 1. The Morgan fingerprint density at radius 2 is 1.85 bits per heavy atom. The van der Waals surface area contributed by atoms with E-state index in [0.717, 1.165) is 80.8 Å². The van der Waals surface area contributed by atoms with Gasteiger partial charge in [0, 0.05) is 49.5 Å². The maximum atomic E-state index is 13.9. The second kappa shape index (κ2) is 11.7. The van der Waals surface area contributed by atoms with Gasteiger partial charge in [0.15, 0.2) is 5.82 Å². The molecule has 3 heterocycles. The number of hydrogen-bond donors (Lipinski definition) is 0. The van der Waals surface area contributed by atoms with Crippen LogP contribution in [0.3, 0.4) is 0 Å². The van der Waals surface area contributed by atoms with E-state index in [9.17, 15) is 4.79 Å². The third kappa shape index (κ3) is 5.76. The van der Waals surface area contributed by atoms with Crippen molar-refractivity contribution in [2.24, 2.45) is 5.92 Å². The summed E-state index contributed by atoms with van der Waals surface area (Å²) in [4.78, 5) is 24.8. The van der Waals surface area contributed by atoms with E-state index in [0.29, 0.717) is 24.2 Å². The minimum absolute atomic E-state index is 0.0814. The molecule has 1 amide bonds. The number of carbonyl (C=O) groups is 1. The smallest absolute Gasteiger partial charge is 0.233 e. The Hall–Kier alpha value is -3.52. The Balaban J connectivity index is 1.22. The topological polar surface area (TPSA) is 90.6 Å². The van der Waals surface area contributed by atoms with Crippen molar-refractivity contribution in [2.75, 3.05) is 31.8 Å². The highest BCUT2D eigenvalue weighted by Crippen LogP contribution is 2.38. The fraction of sp³-hybridized carbons (Fsp3) is 0.484. The molecular formula is C31H36N4O4. The summed E-state index contributed by atoms with van der Waals surface area (Å²) in [6.07, 6.45) is 12.0.